The maximum atomic E-state index is 12.7. The first-order valence-electron chi connectivity index (χ1n) is 10.2. The molecule has 2 aromatic heterocycles. The molecule has 0 radical (unpaired) electrons. The highest BCUT2D eigenvalue weighted by Gasteiger charge is 2.23. The van der Waals surface area contributed by atoms with E-state index in [9.17, 15) is 9.59 Å². The summed E-state index contributed by atoms with van der Waals surface area (Å²) < 4.78 is 6.98. The second-order valence-corrected chi connectivity index (χ2v) is 8.33. The molecule has 160 valence electrons. The Balaban J connectivity index is 1.21. The molecule has 8 heteroatoms. The molecule has 7 nitrogen and oxygen atoms in total. The molecular formula is C24H20N4O3S. The number of thioether (sulfide) groups is 1. The molecule has 1 fully saturated rings. The Morgan fingerprint density at radius 2 is 1.97 bits per heavy atom. The maximum Gasteiger partial charge on any atom is 0.414 e. The van der Waals surface area contributed by atoms with Crippen LogP contribution in [-0.4, -0.2) is 34.5 Å². The number of benzene rings is 2. The van der Waals surface area contributed by atoms with Crippen LogP contribution >= 0.6 is 11.8 Å². The Morgan fingerprint density at radius 3 is 2.75 bits per heavy atom. The van der Waals surface area contributed by atoms with Crippen LogP contribution in [0.25, 0.3) is 5.65 Å². The fraction of sp³-hybridized carbons (Fsp3) is 0.125. The van der Waals surface area contributed by atoms with Crippen LogP contribution in [-0.2, 0) is 10.5 Å². The van der Waals surface area contributed by atoms with Crippen molar-refractivity contribution in [3.8, 4) is 0 Å². The van der Waals surface area contributed by atoms with Gasteiger partial charge in [0.15, 0.2) is 0 Å². The van der Waals surface area contributed by atoms with Crippen molar-refractivity contribution in [1.82, 2.24) is 9.38 Å². The van der Waals surface area contributed by atoms with Gasteiger partial charge in [-0.1, -0.05) is 12.1 Å². The molecule has 1 N–H and O–H groups in total. The Hall–Kier alpha value is -3.78. The molecule has 0 spiro atoms. The molecule has 3 heterocycles. The van der Waals surface area contributed by atoms with E-state index in [-0.39, 0.29) is 12.0 Å². The first kappa shape index (κ1) is 20.1. The number of hydrogen-bond acceptors (Lipinski definition) is 5. The predicted molar refractivity (Wildman–Crippen MR) is 124 cm³/mol. The average molecular weight is 445 g/mol. The van der Waals surface area contributed by atoms with Crippen molar-refractivity contribution < 1.29 is 14.3 Å². The zero-order chi connectivity index (χ0) is 21.9. The van der Waals surface area contributed by atoms with Crippen LogP contribution in [0.4, 0.5) is 16.2 Å². The lowest BCUT2D eigenvalue weighted by Crippen LogP contribution is -2.23. The molecule has 4 aromatic rings. The van der Waals surface area contributed by atoms with Crippen LogP contribution in [0, 0.1) is 0 Å². The molecule has 1 saturated heterocycles. The lowest BCUT2D eigenvalue weighted by molar-refractivity contribution is 0.102. The summed E-state index contributed by atoms with van der Waals surface area (Å²) in [5.74, 6) is 0.543. The van der Waals surface area contributed by atoms with Gasteiger partial charge in [-0.25, -0.2) is 9.78 Å². The van der Waals surface area contributed by atoms with E-state index in [1.54, 1.807) is 34.9 Å². The number of pyridine rings is 1. The van der Waals surface area contributed by atoms with Crippen LogP contribution in [0.3, 0.4) is 0 Å². The Labute approximate surface area is 189 Å². The number of cyclic esters (lactones) is 1. The van der Waals surface area contributed by atoms with E-state index in [0.29, 0.717) is 30.1 Å². The zero-order valence-electron chi connectivity index (χ0n) is 17.1. The topological polar surface area (TPSA) is 75.9 Å². The summed E-state index contributed by atoms with van der Waals surface area (Å²) in [6.07, 6.45) is 3.64. The van der Waals surface area contributed by atoms with Gasteiger partial charge in [0, 0.05) is 40.0 Å². The smallest absolute Gasteiger partial charge is 0.414 e. The van der Waals surface area contributed by atoms with E-state index >= 15 is 0 Å². The predicted octanol–water partition coefficient (Wildman–Crippen LogP) is 4.84. The number of nitrogens with one attached hydrogen (secondary N) is 1. The van der Waals surface area contributed by atoms with Gasteiger partial charge in [-0.2, -0.15) is 0 Å². The Kier molecular flexibility index (Phi) is 5.51. The quantitative estimate of drug-likeness (QED) is 0.431. The highest BCUT2D eigenvalue weighted by Crippen LogP contribution is 2.25. The third-order valence-electron chi connectivity index (χ3n) is 5.09. The molecule has 1 aliphatic heterocycles. The molecule has 32 heavy (non-hydrogen) atoms. The van der Waals surface area contributed by atoms with E-state index in [2.05, 4.69) is 10.3 Å². The third kappa shape index (κ3) is 4.31. The number of carbonyl (C=O) groups is 2. The fourth-order valence-electron chi connectivity index (χ4n) is 3.50. The first-order chi connectivity index (χ1) is 15.7. The monoisotopic (exact) mass is 444 g/mol. The van der Waals surface area contributed by atoms with Gasteiger partial charge in [0.1, 0.15) is 12.3 Å². The van der Waals surface area contributed by atoms with Gasteiger partial charge < -0.3 is 14.5 Å². The van der Waals surface area contributed by atoms with E-state index in [0.717, 1.165) is 22.0 Å². The molecule has 0 unspecified atom stereocenters. The van der Waals surface area contributed by atoms with Crippen molar-refractivity contribution in [1.29, 1.82) is 0 Å². The van der Waals surface area contributed by atoms with Gasteiger partial charge >= 0.3 is 6.09 Å². The number of hydrogen-bond donors (Lipinski definition) is 1. The zero-order valence-corrected chi connectivity index (χ0v) is 17.9. The molecule has 1 aliphatic rings. The van der Waals surface area contributed by atoms with Crippen molar-refractivity contribution in [2.75, 3.05) is 23.4 Å². The SMILES string of the molecule is O=C(Nc1cccc(N2CCOC2=O)c1)c1ccc(SCc2cn3ccccc3n2)cc1. The van der Waals surface area contributed by atoms with Gasteiger partial charge in [0.2, 0.25) is 0 Å². The van der Waals surface area contributed by atoms with E-state index in [1.165, 1.54) is 0 Å². The van der Waals surface area contributed by atoms with Crippen molar-refractivity contribution in [3.63, 3.8) is 0 Å². The second-order valence-electron chi connectivity index (χ2n) is 7.28. The number of aromatic nitrogens is 2. The van der Waals surface area contributed by atoms with Crippen molar-refractivity contribution in [2.24, 2.45) is 0 Å². The lowest BCUT2D eigenvalue weighted by atomic mass is 10.2. The standard InChI is InChI=1S/C24H20N4O3S/c29-23(26-18-4-3-5-20(14-18)28-12-13-31-24(28)30)17-7-9-21(10-8-17)32-16-19-15-27-11-2-1-6-22(27)25-19/h1-11,14-15H,12-13,16H2,(H,26,29). The number of imidazole rings is 1. The van der Waals surface area contributed by atoms with Crippen molar-refractivity contribution >= 4 is 40.8 Å². The third-order valence-corrected chi connectivity index (χ3v) is 6.14. The molecule has 5 rings (SSSR count). The minimum Gasteiger partial charge on any atom is -0.447 e. The normalized spacial score (nSPS) is 13.4. The summed E-state index contributed by atoms with van der Waals surface area (Å²) in [6.45, 7) is 0.876. The Morgan fingerprint density at radius 1 is 1.09 bits per heavy atom. The largest absolute Gasteiger partial charge is 0.447 e. The summed E-state index contributed by atoms with van der Waals surface area (Å²) >= 11 is 1.67. The molecule has 0 atom stereocenters. The summed E-state index contributed by atoms with van der Waals surface area (Å²) in [4.78, 5) is 31.6. The van der Waals surface area contributed by atoms with Gasteiger partial charge in [0.25, 0.3) is 5.91 Å². The maximum absolute atomic E-state index is 12.7. The molecule has 2 amide bonds. The summed E-state index contributed by atoms with van der Waals surface area (Å²) in [5.41, 5.74) is 3.82. The number of carbonyl (C=O) groups excluding carboxylic acids is 2. The van der Waals surface area contributed by atoms with Gasteiger partial charge in [-0.3, -0.25) is 9.69 Å². The number of rotatable bonds is 6. The molecular weight excluding hydrogens is 424 g/mol. The van der Waals surface area contributed by atoms with Crippen molar-refractivity contribution in [3.05, 3.63) is 90.4 Å². The summed E-state index contributed by atoms with van der Waals surface area (Å²) in [7, 11) is 0. The fourth-order valence-corrected chi connectivity index (χ4v) is 4.28. The highest BCUT2D eigenvalue weighted by atomic mass is 32.2. The van der Waals surface area contributed by atoms with Crippen LogP contribution in [0.15, 0.2) is 84.0 Å². The van der Waals surface area contributed by atoms with Crippen LogP contribution < -0.4 is 10.2 Å². The lowest BCUT2D eigenvalue weighted by Gasteiger charge is -2.14. The average Bonchev–Trinajstić information content (AvgIpc) is 3.44. The minimum atomic E-state index is -0.370. The van der Waals surface area contributed by atoms with Gasteiger partial charge in [0.05, 0.1) is 12.2 Å². The highest BCUT2D eigenvalue weighted by molar-refractivity contribution is 7.98. The first-order valence-corrected chi connectivity index (χ1v) is 11.2. The molecule has 0 saturated carbocycles. The van der Waals surface area contributed by atoms with Gasteiger partial charge in [-0.15, -0.1) is 11.8 Å². The summed E-state index contributed by atoms with van der Waals surface area (Å²) in [6, 6.07) is 20.6. The van der Waals surface area contributed by atoms with Crippen LogP contribution in [0.1, 0.15) is 16.1 Å². The Bertz CT molecular complexity index is 1250. The number of fused-ring (bicyclic) bond motifs is 1. The number of amides is 2. The number of nitrogens with zero attached hydrogens (tertiary/aromatic N) is 3. The second kappa shape index (κ2) is 8.76. The summed E-state index contributed by atoms with van der Waals surface area (Å²) in [5, 5.41) is 2.89. The van der Waals surface area contributed by atoms with Crippen molar-refractivity contribution in [2.45, 2.75) is 10.6 Å². The van der Waals surface area contributed by atoms with E-state index in [4.69, 9.17) is 4.74 Å². The molecule has 2 aromatic carbocycles. The van der Waals surface area contributed by atoms with Crippen LogP contribution in [0.5, 0.6) is 0 Å². The van der Waals surface area contributed by atoms with Gasteiger partial charge in [-0.05, 0) is 54.6 Å². The van der Waals surface area contributed by atoms with E-state index < -0.39 is 0 Å². The van der Waals surface area contributed by atoms with E-state index in [1.807, 2.05) is 65.3 Å². The minimum absolute atomic E-state index is 0.206. The van der Waals surface area contributed by atoms with Crippen LogP contribution in [0.2, 0.25) is 0 Å². The number of ether oxygens (including phenoxy) is 1. The molecule has 0 aliphatic carbocycles. The molecule has 0 bridgehead atoms. The number of anilines is 2.